The summed E-state index contributed by atoms with van der Waals surface area (Å²) >= 11 is 5.63. The predicted octanol–water partition coefficient (Wildman–Crippen LogP) is 2.47. The standard InChI is InChI=1S/C13H18ClN3O2S/c14-13-15-8-11(9-16-13)20(18,19)17-7-3-5-10-4-1-2-6-12(10)17/h8-10,12H,1-7H2/t10-,12-/m1/s1. The van der Waals surface area contributed by atoms with Crippen molar-refractivity contribution in [1.82, 2.24) is 14.3 Å². The Kier molecular flexibility index (Phi) is 3.97. The summed E-state index contributed by atoms with van der Waals surface area (Å²) in [6.45, 7) is 0.603. The number of rotatable bonds is 2. The van der Waals surface area contributed by atoms with Gasteiger partial charge in [0.2, 0.25) is 15.3 Å². The van der Waals surface area contributed by atoms with E-state index < -0.39 is 10.0 Å². The summed E-state index contributed by atoms with van der Waals surface area (Å²) in [5.74, 6) is 0.514. The van der Waals surface area contributed by atoms with Crippen LogP contribution < -0.4 is 0 Å². The number of fused-ring (bicyclic) bond motifs is 1. The highest BCUT2D eigenvalue weighted by Gasteiger charge is 2.40. The number of hydrogen-bond donors (Lipinski definition) is 0. The van der Waals surface area contributed by atoms with Crippen molar-refractivity contribution in [2.75, 3.05) is 6.54 Å². The minimum atomic E-state index is -3.50. The molecule has 0 spiro atoms. The number of nitrogens with zero attached hydrogens (tertiary/aromatic N) is 3. The van der Waals surface area contributed by atoms with E-state index in [1.54, 1.807) is 4.31 Å². The molecule has 2 fully saturated rings. The summed E-state index contributed by atoms with van der Waals surface area (Å²) in [4.78, 5) is 7.73. The molecule has 2 atom stereocenters. The van der Waals surface area contributed by atoms with Gasteiger partial charge in [0.15, 0.2) is 0 Å². The Morgan fingerprint density at radius 3 is 2.50 bits per heavy atom. The Balaban J connectivity index is 1.91. The second kappa shape index (κ2) is 5.58. The molecule has 0 amide bonds. The monoisotopic (exact) mass is 315 g/mol. The van der Waals surface area contributed by atoms with Crippen LogP contribution in [0.1, 0.15) is 38.5 Å². The van der Waals surface area contributed by atoms with Crippen LogP contribution in [0.25, 0.3) is 0 Å². The highest BCUT2D eigenvalue weighted by molar-refractivity contribution is 7.89. The molecule has 1 aromatic heterocycles. The van der Waals surface area contributed by atoms with E-state index in [-0.39, 0.29) is 16.2 Å². The van der Waals surface area contributed by atoms with Gasteiger partial charge in [0.1, 0.15) is 4.90 Å². The number of aromatic nitrogens is 2. The van der Waals surface area contributed by atoms with E-state index in [1.165, 1.54) is 18.8 Å². The molecule has 7 heteroatoms. The molecule has 1 saturated carbocycles. The lowest BCUT2D eigenvalue weighted by Crippen LogP contribution is -2.49. The summed E-state index contributed by atoms with van der Waals surface area (Å²) in [6.07, 6.45) is 9.15. The Labute approximate surface area is 124 Å². The van der Waals surface area contributed by atoms with Gasteiger partial charge in [-0.25, -0.2) is 18.4 Å². The molecule has 2 heterocycles. The Morgan fingerprint density at radius 1 is 1.10 bits per heavy atom. The summed E-state index contributed by atoms with van der Waals surface area (Å²) in [7, 11) is -3.50. The highest BCUT2D eigenvalue weighted by atomic mass is 35.5. The highest BCUT2D eigenvalue weighted by Crippen LogP contribution is 2.37. The Bertz CT molecular complexity index is 574. The lowest BCUT2D eigenvalue weighted by molar-refractivity contribution is 0.129. The maximum Gasteiger partial charge on any atom is 0.246 e. The van der Waals surface area contributed by atoms with Gasteiger partial charge in [-0.1, -0.05) is 12.8 Å². The molecule has 1 saturated heterocycles. The molecule has 0 N–H and O–H groups in total. The normalized spacial score (nSPS) is 28.1. The van der Waals surface area contributed by atoms with Crippen LogP contribution in [0.15, 0.2) is 17.3 Å². The molecule has 0 radical (unpaired) electrons. The van der Waals surface area contributed by atoms with Gasteiger partial charge in [-0.3, -0.25) is 0 Å². The lowest BCUT2D eigenvalue weighted by Gasteiger charge is -2.42. The van der Waals surface area contributed by atoms with Crippen molar-refractivity contribution in [3.63, 3.8) is 0 Å². The van der Waals surface area contributed by atoms with E-state index in [2.05, 4.69) is 9.97 Å². The molecule has 1 aliphatic heterocycles. The summed E-state index contributed by atoms with van der Waals surface area (Å²) in [5, 5.41) is 0.0677. The third-order valence-electron chi connectivity index (χ3n) is 4.40. The van der Waals surface area contributed by atoms with Crippen LogP contribution in [0.3, 0.4) is 0 Å². The van der Waals surface area contributed by atoms with Gasteiger partial charge in [-0.2, -0.15) is 4.31 Å². The van der Waals surface area contributed by atoms with E-state index in [0.717, 1.165) is 32.1 Å². The molecule has 3 rings (SSSR count). The van der Waals surface area contributed by atoms with Crippen molar-refractivity contribution in [3.8, 4) is 0 Å². The van der Waals surface area contributed by atoms with Crippen molar-refractivity contribution in [3.05, 3.63) is 17.7 Å². The SMILES string of the molecule is O=S(=O)(c1cnc(Cl)nc1)N1CCC[C@H]2CCCC[C@H]21. The molecule has 1 aromatic rings. The fourth-order valence-corrected chi connectivity index (χ4v) is 5.19. The zero-order chi connectivity index (χ0) is 14.2. The molecule has 110 valence electrons. The second-order valence-electron chi connectivity index (χ2n) is 5.56. The second-order valence-corrected chi connectivity index (χ2v) is 7.79. The minimum absolute atomic E-state index is 0.0677. The van der Waals surface area contributed by atoms with Crippen LogP contribution in [0.5, 0.6) is 0 Å². The summed E-state index contributed by atoms with van der Waals surface area (Å²) < 4.78 is 27.2. The molecular formula is C13H18ClN3O2S. The predicted molar refractivity (Wildman–Crippen MR) is 75.9 cm³/mol. The maximum atomic E-state index is 12.8. The van der Waals surface area contributed by atoms with Crippen LogP contribution in [-0.2, 0) is 10.0 Å². The average molecular weight is 316 g/mol. The minimum Gasteiger partial charge on any atom is -0.225 e. The van der Waals surface area contributed by atoms with Gasteiger partial charge in [-0.05, 0) is 43.2 Å². The van der Waals surface area contributed by atoms with E-state index >= 15 is 0 Å². The van der Waals surface area contributed by atoms with E-state index in [9.17, 15) is 8.42 Å². The van der Waals surface area contributed by atoms with Gasteiger partial charge >= 0.3 is 0 Å². The quantitative estimate of drug-likeness (QED) is 0.787. The smallest absolute Gasteiger partial charge is 0.225 e. The summed E-state index contributed by atoms with van der Waals surface area (Å²) in [6, 6.07) is 0.151. The number of halogens is 1. The average Bonchev–Trinajstić information content (AvgIpc) is 2.47. The van der Waals surface area contributed by atoms with Crippen molar-refractivity contribution in [2.45, 2.75) is 49.5 Å². The molecule has 2 aliphatic rings. The summed E-state index contributed by atoms with van der Waals surface area (Å²) in [5.41, 5.74) is 0. The van der Waals surface area contributed by atoms with Crippen molar-refractivity contribution in [2.24, 2.45) is 5.92 Å². The topological polar surface area (TPSA) is 63.2 Å². The Morgan fingerprint density at radius 2 is 1.75 bits per heavy atom. The number of piperidine rings is 1. The first kappa shape index (κ1) is 14.2. The van der Waals surface area contributed by atoms with Crippen LogP contribution in [-0.4, -0.2) is 35.3 Å². The van der Waals surface area contributed by atoms with Crippen molar-refractivity contribution < 1.29 is 8.42 Å². The molecule has 0 unspecified atom stereocenters. The van der Waals surface area contributed by atoms with Crippen LogP contribution in [0.4, 0.5) is 0 Å². The maximum absolute atomic E-state index is 12.8. The molecule has 0 aromatic carbocycles. The van der Waals surface area contributed by atoms with E-state index in [4.69, 9.17) is 11.6 Å². The zero-order valence-electron chi connectivity index (χ0n) is 11.2. The van der Waals surface area contributed by atoms with Crippen LogP contribution in [0, 0.1) is 5.92 Å². The zero-order valence-corrected chi connectivity index (χ0v) is 12.8. The van der Waals surface area contributed by atoms with Gasteiger partial charge < -0.3 is 0 Å². The van der Waals surface area contributed by atoms with E-state index in [1.807, 2.05) is 0 Å². The van der Waals surface area contributed by atoms with Gasteiger partial charge in [0, 0.05) is 12.6 Å². The van der Waals surface area contributed by atoms with Gasteiger partial charge in [-0.15, -0.1) is 0 Å². The first-order valence-corrected chi connectivity index (χ1v) is 8.90. The first-order chi connectivity index (χ1) is 9.59. The van der Waals surface area contributed by atoms with Gasteiger partial charge in [0.25, 0.3) is 0 Å². The molecule has 0 bridgehead atoms. The fourth-order valence-electron chi connectivity index (χ4n) is 3.45. The number of sulfonamides is 1. The van der Waals surface area contributed by atoms with Crippen molar-refractivity contribution in [1.29, 1.82) is 0 Å². The molecule has 20 heavy (non-hydrogen) atoms. The van der Waals surface area contributed by atoms with Crippen molar-refractivity contribution >= 4 is 21.6 Å². The Hall–Kier alpha value is -0.720. The van der Waals surface area contributed by atoms with Crippen LogP contribution >= 0.6 is 11.6 Å². The fraction of sp³-hybridized carbons (Fsp3) is 0.692. The van der Waals surface area contributed by atoms with E-state index in [0.29, 0.717) is 12.5 Å². The third kappa shape index (κ3) is 2.56. The first-order valence-electron chi connectivity index (χ1n) is 7.08. The number of hydrogen-bond acceptors (Lipinski definition) is 4. The third-order valence-corrected chi connectivity index (χ3v) is 6.47. The lowest BCUT2D eigenvalue weighted by atomic mass is 9.79. The van der Waals surface area contributed by atoms with Crippen LogP contribution in [0.2, 0.25) is 5.28 Å². The molecular weight excluding hydrogens is 298 g/mol. The van der Waals surface area contributed by atoms with Gasteiger partial charge in [0.05, 0.1) is 12.4 Å². The molecule has 1 aliphatic carbocycles. The largest absolute Gasteiger partial charge is 0.246 e. The molecule has 5 nitrogen and oxygen atoms in total.